The van der Waals surface area contributed by atoms with Crippen molar-refractivity contribution in [1.29, 1.82) is 0 Å². The highest BCUT2D eigenvalue weighted by Gasteiger charge is 2.50. The number of nitrogens with zero attached hydrogens (tertiary/aromatic N) is 4. The van der Waals surface area contributed by atoms with Gasteiger partial charge in [-0.15, -0.1) is 0 Å². The van der Waals surface area contributed by atoms with Crippen LogP contribution in [-0.4, -0.2) is 13.4 Å². The van der Waals surface area contributed by atoms with Gasteiger partial charge in [-0.3, -0.25) is 0 Å². The second-order valence-electron chi connectivity index (χ2n) is 28.5. The van der Waals surface area contributed by atoms with Gasteiger partial charge >= 0.3 is 0 Å². The zero-order valence-electron chi connectivity index (χ0n) is 52.7. The Labute approximate surface area is 531 Å². The predicted molar refractivity (Wildman–Crippen MR) is 378 cm³/mol. The van der Waals surface area contributed by atoms with Crippen LogP contribution in [-0.2, 0) is 21.7 Å². The fourth-order valence-electron chi connectivity index (χ4n) is 16.4. The second kappa shape index (κ2) is 19.9. The van der Waals surface area contributed by atoms with Crippen LogP contribution in [0.15, 0.2) is 243 Å². The second-order valence-corrected chi connectivity index (χ2v) is 28.5. The lowest BCUT2D eigenvalue weighted by Gasteiger charge is -2.48. The summed E-state index contributed by atoms with van der Waals surface area (Å²) in [6.45, 7) is 19.2. The summed E-state index contributed by atoms with van der Waals surface area (Å²) in [5, 5.41) is 0. The minimum atomic E-state index is -0.163. The van der Waals surface area contributed by atoms with E-state index in [1.807, 2.05) is 0 Å². The fourth-order valence-corrected chi connectivity index (χ4v) is 16.4. The fraction of sp³-hybridized carbons (Fsp3) is 0.195. The molecule has 0 aromatic heterocycles. The van der Waals surface area contributed by atoms with Crippen LogP contribution >= 0.6 is 0 Å². The first-order chi connectivity index (χ1) is 43.6. The van der Waals surface area contributed by atoms with E-state index >= 15 is 0 Å². The van der Waals surface area contributed by atoms with Crippen LogP contribution < -0.4 is 61.9 Å². The van der Waals surface area contributed by atoms with Gasteiger partial charge in [-0.05, 0) is 193 Å². The zero-order chi connectivity index (χ0) is 61.0. The molecule has 4 heterocycles. The van der Waals surface area contributed by atoms with E-state index in [1.165, 1.54) is 55.0 Å². The van der Waals surface area contributed by atoms with E-state index in [1.54, 1.807) is 0 Å². The maximum absolute atomic E-state index is 7.12. The first-order valence-electron chi connectivity index (χ1n) is 32.4. The number of ether oxygens (including phenoxy) is 2. The largest absolute Gasteiger partial charge is 0.457 e. The van der Waals surface area contributed by atoms with Gasteiger partial charge in [0.05, 0.1) is 0 Å². The molecule has 0 radical (unpaired) electrons. The Morgan fingerprint density at radius 3 is 0.956 bits per heavy atom. The Hall–Kier alpha value is -9.65. The molecule has 0 atom stereocenters. The number of hydrogen-bond acceptors (Lipinski definition) is 6. The van der Waals surface area contributed by atoms with Gasteiger partial charge in [-0.2, -0.15) is 0 Å². The molecule has 90 heavy (non-hydrogen) atoms. The van der Waals surface area contributed by atoms with Crippen molar-refractivity contribution in [2.24, 2.45) is 0 Å². The van der Waals surface area contributed by atoms with Crippen LogP contribution in [0.2, 0.25) is 0 Å². The third-order valence-electron chi connectivity index (χ3n) is 21.2. The lowest BCUT2D eigenvalue weighted by atomic mass is 9.30. The van der Waals surface area contributed by atoms with Crippen LogP contribution in [0.3, 0.4) is 0 Å². The van der Waals surface area contributed by atoms with E-state index in [-0.39, 0.29) is 35.1 Å². The molecule has 0 unspecified atom stereocenters. The molecule has 4 aliphatic heterocycles. The molecule has 0 N–H and O–H groups in total. The van der Waals surface area contributed by atoms with E-state index in [0.717, 1.165) is 117 Å². The Kier molecular flexibility index (Phi) is 12.1. The number of anilines is 12. The summed E-state index contributed by atoms with van der Waals surface area (Å²) in [5.74, 6) is 3.13. The Bertz CT molecular complexity index is 4420. The Morgan fingerprint density at radius 2 is 0.578 bits per heavy atom. The molecule has 11 aromatic rings. The molecule has 0 fully saturated rings. The topological polar surface area (TPSA) is 31.4 Å². The van der Waals surface area contributed by atoms with Crippen molar-refractivity contribution in [2.75, 3.05) is 19.6 Å². The predicted octanol–water partition coefficient (Wildman–Crippen LogP) is 18.1. The van der Waals surface area contributed by atoms with Crippen molar-refractivity contribution < 1.29 is 9.47 Å². The van der Waals surface area contributed by atoms with Crippen LogP contribution in [0.5, 0.6) is 23.0 Å². The first-order valence-corrected chi connectivity index (χ1v) is 32.4. The average molecular weight is 1170 g/mol. The van der Waals surface area contributed by atoms with Crippen molar-refractivity contribution in [3.63, 3.8) is 0 Å². The summed E-state index contributed by atoms with van der Waals surface area (Å²) in [6, 6.07) is 90.1. The lowest BCUT2D eigenvalue weighted by molar-refractivity contribution is 0.332. The summed E-state index contributed by atoms with van der Waals surface area (Å²) in [7, 11) is 0. The molecule has 8 heteroatoms. The third-order valence-corrected chi connectivity index (χ3v) is 21.2. The van der Waals surface area contributed by atoms with Gasteiger partial charge in [0.15, 0.2) is 0 Å². The van der Waals surface area contributed by atoms with Crippen LogP contribution in [0.25, 0.3) is 0 Å². The van der Waals surface area contributed by atoms with Crippen molar-refractivity contribution in [1.82, 2.24) is 0 Å². The highest BCUT2D eigenvalue weighted by Crippen LogP contribution is 2.55. The Balaban J connectivity index is 1.01. The maximum atomic E-state index is 7.12. The van der Waals surface area contributed by atoms with E-state index in [9.17, 15) is 0 Å². The maximum Gasteiger partial charge on any atom is 0.252 e. The zero-order valence-corrected chi connectivity index (χ0v) is 52.7. The molecule has 6 aliphatic rings. The first kappa shape index (κ1) is 54.5. The normalized spacial score (nSPS) is 16.9. The van der Waals surface area contributed by atoms with Crippen molar-refractivity contribution in [3.8, 4) is 23.0 Å². The SMILES string of the molecule is CC1(C)CCC(C)(C)c2cc(N3c4cc5c(cc4B4c6ccccc6N(c6ccccc6)c6cc(Oc7ccccc7)cc3c64)B3c4ccccc4N(c4ccccc4)c4cc(Oc6ccccc6)cc(c43)N5c3ccc4c(c3)C(C)(C)CCC4(C)C)ccc21. The van der Waals surface area contributed by atoms with Crippen molar-refractivity contribution in [3.05, 3.63) is 265 Å². The van der Waals surface area contributed by atoms with Crippen LogP contribution in [0.1, 0.15) is 103 Å². The monoisotopic (exact) mass is 1170 g/mol. The standard InChI is InChI=1S/C82H72B2N4O2/c1-79(2)41-43-81(5,6)63-45-55(37-39-61(63)79)87-71-52-72-68(51-67(71)83-65-33-21-23-35-69(65)85(53-25-13-9-14-26-53)73-47-59(49-75(87)77(73)83)89-57-29-17-11-18-30-57)84-66-34-22-24-36-70(66)86(54-27-15-10-16-28-54)74-48-60(90-58-31-19-12-20-32-58)50-76(78(74)84)88(72)56-38-40-62-64(46-56)82(7,8)44-42-80(62,3)4/h9-40,45-52H,41-44H2,1-8H3. The van der Waals surface area contributed by atoms with Gasteiger partial charge < -0.3 is 29.1 Å². The molecular weight excluding hydrogens is 1090 g/mol. The van der Waals surface area contributed by atoms with E-state index < -0.39 is 0 Å². The number of para-hydroxylation sites is 6. The quantitative estimate of drug-likeness (QED) is 0.141. The van der Waals surface area contributed by atoms with E-state index in [4.69, 9.17) is 9.47 Å². The molecule has 0 saturated carbocycles. The van der Waals surface area contributed by atoms with Crippen molar-refractivity contribution >= 4 is 114 Å². The summed E-state index contributed by atoms with van der Waals surface area (Å²) in [6.07, 6.45) is 4.48. The van der Waals surface area contributed by atoms with Gasteiger partial charge in [-0.25, -0.2) is 0 Å². The molecule has 0 amide bonds. The van der Waals surface area contributed by atoms with Gasteiger partial charge in [0.25, 0.3) is 13.4 Å². The molecule has 0 saturated heterocycles. The molecule has 0 spiro atoms. The van der Waals surface area contributed by atoms with E-state index in [0.29, 0.717) is 0 Å². The summed E-state index contributed by atoms with van der Waals surface area (Å²) < 4.78 is 14.2. The number of rotatable bonds is 8. The van der Waals surface area contributed by atoms with Gasteiger partial charge in [0, 0.05) is 92.5 Å². The third kappa shape index (κ3) is 8.39. The van der Waals surface area contributed by atoms with Crippen molar-refractivity contribution in [2.45, 2.75) is 103 Å². The summed E-state index contributed by atoms with van der Waals surface area (Å²) in [4.78, 5) is 10.2. The summed E-state index contributed by atoms with van der Waals surface area (Å²) >= 11 is 0. The minimum Gasteiger partial charge on any atom is -0.457 e. The Morgan fingerprint density at radius 1 is 0.256 bits per heavy atom. The van der Waals surface area contributed by atoms with Crippen LogP contribution in [0, 0.1) is 0 Å². The molecular formula is C82H72B2N4O2. The molecule has 17 rings (SSSR count). The molecule has 438 valence electrons. The highest BCUT2D eigenvalue weighted by molar-refractivity contribution is 7.03. The molecule has 6 nitrogen and oxygen atoms in total. The highest BCUT2D eigenvalue weighted by atomic mass is 16.5. The number of fused-ring (bicyclic) bond motifs is 10. The molecule has 11 aromatic carbocycles. The van der Waals surface area contributed by atoms with Gasteiger partial charge in [-0.1, -0.05) is 183 Å². The van der Waals surface area contributed by atoms with Gasteiger partial charge in [0.1, 0.15) is 23.0 Å². The smallest absolute Gasteiger partial charge is 0.252 e. The average Bonchev–Trinajstić information content (AvgIpc) is 0.712. The number of hydrogen-bond donors (Lipinski definition) is 0. The van der Waals surface area contributed by atoms with E-state index in [2.05, 4.69) is 318 Å². The van der Waals surface area contributed by atoms with Crippen LogP contribution in [0.4, 0.5) is 68.2 Å². The van der Waals surface area contributed by atoms with Gasteiger partial charge in [0.2, 0.25) is 0 Å². The summed E-state index contributed by atoms with van der Waals surface area (Å²) in [5.41, 5.74) is 26.6. The molecule has 2 aliphatic carbocycles. The lowest BCUT2D eigenvalue weighted by Crippen LogP contribution is -2.65. The number of benzene rings is 11. The molecule has 0 bridgehead atoms. The minimum absolute atomic E-state index is 0.0245.